The molecule has 0 radical (unpaired) electrons. The number of carbonyl (C=O) groups is 1. The van der Waals surface area contributed by atoms with Gasteiger partial charge >= 0.3 is 0 Å². The number of hydrogen-bond acceptors (Lipinski definition) is 5. The van der Waals surface area contributed by atoms with Crippen LogP contribution >= 0.6 is 0 Å². The number of nitrogens with zero attached hydrogens (tertiary/aromatic N) is 2. The lowest BCUT2D eigenvalue weighted by Crippen LogP contribution is -2.25. The summed E-state index contributed by atoms with van der Waals surface area (Å²) in [7, 11) is 1.57. The Labute approximate surface area is 201 Å². The number of amides is 1. The molecule has 0 saturated carbocycles. The number of para-hydroxylation sites is 2. The molecule has 1 amide bonds. The molecule has 3 aromatic carbocycles. The summed E-state index contributed by atoms with van der Waals surface area (Å²) in [6.07, 6.45) is 3.52. The molecule has 0 aliphatic carbocycles. The van der Waals surface area contributed by atoms with Crippen LogP contribution in [0.25, 0.3) is 23.1 Å². The molecule has 7 heteroatoms. The van der Waals surface area contributed by atoms with E-state index in [0.29, 0.717) is 34.1 Å². The predicted molar refractivity (Wildman–Crippen MR) is 134 cm³/mol. The number of ether oxygens (including phenoxy) is 1. The molecule has 0 spiro atoms. The van der Waals surface area contributed by atoms with Crippen LogP contribution in [-0.4, -0.2) is 17.9 Å². The van der Waals surface area contributed by atoms with E-state index in [9.17, 15) is 14.9 Å². The van der Waals surface area contributed by atoms with Gasteiger partial charge in [0.05, 0.1) is 23.4 Å². The second kappa shape index (κ2) is 9.15. The van der Waals surface area contributed by atoms with Gasteiger partial charge in [0.15, 0.2) is 0 Å². The highest BCUT2D eigenvalue weighted by atomic mass is 16.6. The van der Waals surface area contributed by atoms with Crippen LogP contribution in [0.2, 0.25) is 0 Å². The fraction of sp³-hybridized carbons (Fsp3) is 0.0357. The normalized spacial score (nSPS) is 14.3. The van der Waals surface area contributed by atoms with Crippen molar-refractivity contribution in [1.29, 1.82) is 0 Å². The van der Waals surface area contributed by atoms with Gasteiger partial charge < -0.3 is 9.15 Å². The van der Waals surface area contributed by atoms with Gasteiger partial charge in [0.1, 0.15) is 17.3 Å². The zero-order chi connectivity index (χ0) is 24.4. The molecule has 2 heterocycles. The van der Waals surface area contributed by atoms with Gasteiger partial charge in [-0.25, -0.2) is 0 Å². The second-order valence-corrected chi connectivity index (χ2v) is 7.81. The van der Waals surface area contributed by atoms with Crippen LogP contribution < -0.4 is 9.64 Å². The van der Waals surface area contributed by atoms with Crippen LogP contribution in [0.15, 0.2) is 107 Å². The van der Waals surface area contributed by atoms with Crippen molar-refractivity contribution < 1.29 is 18.9 Å². The van der Waals surface area contributed by atoms with Gasteiger partial charge in [-0.1, -0.05) is 42.5 Å². The van der Waals surface area contributed by atoms with Crippen molar-refractivity contribution in [3.05, 3.63) is 124 Å². The number of benzene rings is 3. The molecule has 0 bridgehead atoms. The maximum absolute atomic E-state index is 13.6. The van der Waals surface area contributed by atoms with E-state index in [0.717, 1.165) is 11.3 Å². The van der Waals surface area contributed by atoms with Crippen molar-refractivity contribution >= 4 is 29.1 Å². The quantitative estimate of drug-likeness (QED) is 0.189. The number of rotatable bonds is 6. The van der Waals surface area contributed by atoms with E-state index in [1.165, 1.54) is 12.1 Å². The Morgan fingerprint density at radius 1 is 0.886 bits per heavy atom. The topological polar surface area (TPSA) is 85.8 Å². The number of nitro groups is 1. The van der Waals surface area contributed by atoms with E-state index >= 15 is 0 Å². The predicted octanol–water partition coefficient (Wildman–Crippen LogP) is 6.33. The Morgan fingerprint density at radius 3 is 2.31 bits per heavy atom. The standard InChI is InChI=1S/C28H20N2O5/c1-34-27-10-6-5-9-24(27)29-25(19-7-3-2-4-8-19)18-21(28(29)31)17-23-15-16-26(35-23)20-11-13-22(14-12-20)30(32)33/h2-18H,1H3. The minimum absolute atomic E-state index is 0.00853. The second-order valence-electron chi connectivity index (χ2n) is 7.81. The molecule has 0 saturated heterocycles. The van der Waals surface area contributed by atoms with Crippen molar-refractivity contribution in [2.75, 3.05) is 12.0 Å². The third-order valence-electron chi connectivity index (χ3n) is 5.67. The number of carbonyl (C=O) groups excluding carboxylic acids is 1. The number of furan rings is 1. The SMILES string of the molecule is COc1ccccc1N1C(=O)C(=Cc2ccc(-c3ccc([N+](=O)[O-])cc3)o2)C=C1c1ccccc1. The molecule has 0 fully saturated rings. The summed E-state index contributed by atoms with van der Waals surface area (Å²) in [5.41, 5.74) is 3.43. The zero-order valence-corrected chi connectivity index (χ0v) is 18.8. The first kappa shape index (κ1) is 21.9. The Morgan fingerprint density at radius 2 is 1.60 bits per heavy atom. The summed E-state index contributed by atoms with van der Waals surface area (Å²) in [6, 6.07) is 26.7. The molecule has 172 valence electrons. The molecule has 0 unspecified atom stereocenters. The van der Waals surface area contributed by atoms with Crippen LogP contribution in [0.5, 0.6) is 5.75 Å². The van der Waals surface area contributed by atoms with E-state index in [1.54, 1.807) is 42.4 Å². The monoisotopic (exact) mass is 464 g/mol. The van der Waals surface area contributed by atoms with Crippen molar-refractivity contribution in [3.63, 3.8) is 0 Å². The lowest BCUT2D eigenvalue weighted by molar-refractivity contribution is -0.384. The zero-order valence-electron chi connectivity index (χ0n) is 18.8. The van der Waals surface area contributed by atoms with Crippen molar-refractivity contribution in [3.8, 4) is 17.1 Å². The molecule has 7 nitrogen and oxygen atoms in total. The lowest BCUT2D eigenvalue weighted by Gasteiger charge is -2.22. The van der Waals surface area contributed by atoms with E-state index in [1.807, 2.05) is 60.7 Å². The fourth-order valence-corrected chi connectivity index (χ4v) is 3.98. The summed E-state index contributed by atoms with van der Waals surface area (Å²) < 4.78 is 11.5. The average molecular weight is 464 g/mol. The smallest absolute Gasteiger partial charge is 0.269 e. The van der Waals surface area contributed by atoms with E-state index in [4.69, 9.17) is 9.15 Å². The van der Waals surface area contributed by atoms with Gasteiger partial charge in [0.2, 0.25) is 0 Å². The van der Waals surface area contributed by atoms with Gasteiger partial charge in [-0.3, -0.25) is 19.8 Å². The number of nitro benzene ring substituents is 1. The van der Waals surface area contributed by atoms with Gasteiger partial charge in [-0.05, 0) is 54.1 Å². The molecule has 0 N–H and O–H groups in total. The van der Waals surface area contributed by atoms with Gasteiger partial charge in [0.25, 0.3) is 11.6 Å². The minimum Gasteiger partial charge on any atom is -0.495 e. The highest BCUT2D eigenvalue weighted by molar-refractivity contribution is 6.23. The Hall–Kier alpha value is -4.91. The summed E-state index contributed by atoms with van der Waals surface area (Å²) >= 11 is 0. The van der Waals surface area contributed by atoms with Crippen molar-refractivity contribution in [1.82, 2.24) is 0 Å². The number of hydrogen-bond donors (Lipinski definition) is 0. The van der Waals surface area contributed by atoms with Gasteiger partial charge in [0, 0.05) is 23.3 Å². The molecule has 0 atom stereocenters. The Kier molecular flexibility index (Phi) is 5.73. The highest BCUT2D eigenvalue weighted by Crippen LogP contribution is 2.39. The molecule has 1 aliphatic rings. The number of anilines is 1. The fourth-order valence-electron chi connectivity index (χ4n) is 3.98. The highest BCUT2D eigenvalue weighted by Gasteiger charge is 2.32. The molecular formula is C28H20N2O5. The van der Waals surface area contributed by atoms with Crippen LogP contribution in [0.3, 0.4) is 0 Å². The molecular weight excluding hydrogens is 444 g/mol. The van der Waals surface area contributed by atoms with Crippen LogP contribution in [0.4, 0.5) is 11.4 Å². The molecule has 1 aliphatic heterocycles. The summed E-state index contributed by atoms with van der Waals surface area (Å²) in [6.45, 7) is 0. The largest absolute Gasteiger partial charge is 0.495 e. The van der Waals surface area contributed by atoms with Crippen LogP contribution in [0, 0.1) is 10.1 Å². The molecule has 5 rings (SSSR count). The van der Waals surface area contributed by atoms with E-state index in [2.05, 4.69) is 0 Å². The van der Waals surface area contributed by atoms with E-state index < -0.39 is 4.92 Å². The average Bonchev–Trinajstić information content (AvgIpc) is 3.49. The first-order chi connectivity index (χ1) is 17.0. The van der Waals surface area contributed by atoms with Crippen molar-refractivity contribution in [2.24, 2.45) is 0 Å². The molecule has 35 heavy (non-hydrogen) atoms. The summed E-state index contributed by atoms with van der Waals surface area (Å²) in [5, 5.41) is 10.9. The minimum atomic E-state index is -0.447. The Bertz CT molecular complexity index is 1470. The summed E-state index contributed by atoms with van der Waals surface area (Å²) in [5.74, 6) is 1.42. The summed E-state index contributed by atoms with van der Waals surface area (Å²) in [4.78, 5) is 25.7. The van der Waals surface area contributed by atoms with Gasteiger partial charge in [-0.15, -0.1) is 0 Å². The maximum Gasteiger partial charge on any atom is 0.269 e. The van der Waals surface area contributed by atoms with Crippen LogP contribution in [0.1, 0.15) is 11.3 Å². The first-order valence-corrected chi connectivity index (χ1v) is 10.9. The molecule has 4 aromatic rings. The number of methoxy groups -OCH3 is 1. The molecule has 1 aromatic heterocycles. The van der Waals surface area contributed by atoms with Crippen LogP contribution in [-0.2, 0) is 4.79 Å². The lowest BCUT2D eigenvalue weighted by atomic mass is 10.1. The number of non-ortho nitro benzene ring substituents is 1. The first-order valence-electron chi connectivity index (χ1n) is 10.9. The maximum atomic E-state index is 13.6. The third kappa shape index (κ3) is 4.22. The van der Waals surface area contributed by atoms with Gasteiger partial charge in [-0.2, -0.15) is 0 Å². The third-order valence-corrected chi connectivity index (χ3v) is 5.67. The van der Waals surface area contributed by atoms with Crippen molar-refractivity contribution in [2.45, 2.75) is 0 Å². The Balaban J connectivity index is 1.53. The van der Waals surface area contributed by atoms with E-state index in [-0.39, 0.29) is 11.6 Å².